The quantitative estimate of drug-likeness (QED) is 0.150. The number of unbranched alkanes of at least 4 members (excludes halogenated alkanes) is 11. The van der Waals surface area contributed by atoms with Crippen LogP contribution >= 0.6 is 0 Å². The SMILES string of the molecule is CCCCCC/C=C\CCCCCCCCCO[Si](C)(C)C(C)(C)C. The molecule has 0 aliphatic rings. The molecule has 0 aliphatic carbocycles. The van der Waals surface area contributed by atoms with Crippen molar-refractivity contribution in [1.29, 1.82) is 0 Å². The van der Waals surface area contributed by atoms with Crippen LogP contribution in [0.25, 0.3) is 0 Å². The molecule has 0 saturated carbocycles. The smallest absolute Gasteiger partial charge is 0.191 e. The molecule has 2 heteroatoms. The van der Waals surface area contributed by atoms with Gasteiger partial charge in [0.25, 0.3) is 0 Å². The Hall–Kier alpha value is -0.0831. The molecule has 150 valence electrons. The summed E-state index contributed by atoms with van der Waals surface area (Å²) in [4.78, 5) is 0. The summed E-state index contributed by atoms with van der Waals surface area (Å²) in [6.07, 6.45) is 22.5. The van der Waals surface area contributed by atoms with Crippen LogP contribution in [0.2, 0.25) is 18.1 Å². The van der Waals surface area contributed by atoms with Crippen LogP contribution in [0, 0.1) is 0 Å². The van der Waals surface area contributed by atoms with Crippen LogP contribution < -0.4 is 0 Å². The van der Waals surface area contributed by atoms with E-state index in [0.717, 1.165) is 6.61 Å². The summed E-state index contributed by atoms with van der Waals surface area (Å²) < 4.78 is 6.24. The van der Waals surface area contributed by atoms with Crippen molar-refractivity contribution in [3.8, 4) is 0 Å². The average Bonchev–Trinajstić information content (AvgIpc) is 2.53. The van der Waals surface area contributed by atoms with E-state index >= 15 is 0 Å². The molecule has 0 heterocycles. The summed E-state index contributed by atoms with van der Waals surface area (Å²) in [5.74, 6) is 0. The lowest BCUT2D eigenvalue weighted by Crippen LogP contribution is -2.40. The minimum absolute atomic E-state index is 0.344. The van der Waals surface area contributed by atoms with Gasteiger partial charge in [-0.05, 0) is 50.2 Å². The van der Waals surface area contributed by atoms with Gasteiger partial charge in [0.05, 0.1) is 0 Å². The summed E-state index contributed by atoms with van der Waals surface area (Å²) in [6.45, 7) is 14.9. The van der Waals surface area contributed by atoms with Crippen LogP contribution in [-0.4, -0.2) is 14.9 Å². The molecule has 0 bridgehead atoms. The van der Waals surface area contributed by atoms with E-state index in [1.165, 1.54) is 83.5 Å². The minimum atomic E-state index is -1.52. The Labute approximate surface area is 161 Å². The van der Waals surface area contributed by atoms with Crippen LogP contribution in [0.3, 0.4) is 0 Å². The second kappa shape index (κ2) is 15.0. The highest BCUT2D eigenvalue weighted by molar-refractivity contribution is 6.74. The van der Waals surface area contributed by atoms with Crippen molar-refractivity contribution in [3.05, 3.63) is 12.2 Å². The first-order valence-corrected chi connectivity index (χ1v) is 14.0. The molecule has 0 rings (SSSR count). The third-order valence-electron chi connectivity index (χ3n) is 5.68. The van der Waals surface area contributed by atoms with Crippen molar-refractivity contribution < 1.29 is 4.43 Å². The van der Waals surface area contributed by atoms with Crippen LogP contribution in [-0.2, 0) is 4.43 Å². The molecule has 0 spiro atoms. The summed E-state index contributed by atoms with van der Waals surface area (Å²) in [5.41, 5.74) is 0. The van der Waals surface area contributed by atoms with Gasteiger partial charge < -0.3 is 4.43 Å². The van der Waals surface area contributed by atoms with Gasteiger partial charge in [-0.2, -0.15) is 0 Å². The van der Waals surface area contributed by atoms with Gasteiger partial charge in [-0.25, -0.2) is 0 Å². The number of allylic oxidation sites excluding steroid dienone is 2. The van der Waals surface area contributed by atoms with Gasteiger partial charge in [0.2, 0.25) is 0 Å². The molecular weight excluding hydrogens is 320 g/mol. The predicted molar refractivity (Wildman–Crippen MR) is 118 cm³/mol. The Morgan fingerprint density at radius 1 is 0.680 bits per heavy atom. The zero-order chi connectivity index (χ0) is 19.0. The van der Waals surface area contributed by atoms with Crippen LogP contribution in [0.1, 0.15) is 111 Å². The van der Waals surface area contributed by atoms with Crippen molar-refractivity contribution in [2.75, 3.05) is 6.61 Å². The lowest BCUT2D eigenvalue weighted by molar-refractivity contribution is 0.277. The van der Waals surface area contributed by atoms with E-state index in [4.69, 9.17) is 4.43 Å². The third kappa shape index (κ3) is 14.7. The van der Waals surface area contributed by atoms with E-state index in [1.54, 1.807) is 0 Å². The second-order valence-corrected chi connectivity index (χ2v) is 14.0. The highest BCUT2D eigenvalue weighted by Gasteiger charge is 2.36. The first-order chi connectivity index (χ1) is 11.8. The van der Waals surface area contributed by atoms with Crippen molar-refractivity contribution in [3.63, 3.8) is 0 Å². The summed E-state index contributed by atoms with van der Waals surface area (Å²) in [5, 5.41) is 0.344. The van der Waals surface area contributed by atoms with Crippen molar-refractivity contribution >= 4 is 8.32 Å². The summed E-state index contributed by atoms with van der Waals surface area (Å²) >= 11 is 0. The molecule has 0 saturated heterocycles. The van der Waals surface area contributed by atoms with E-state index in [9.17, 15) is 0 Å². The van der Waals surface area contributed by atoms with Gasteiger partial charge in [-0.15, -0.1) is 0 Å². The fourth-order valence-corrected chi connectivity index (χ4v) is 3.80. The van der Waals surface area contributed by atoms with Gasteiger partial charge in [0, 0.05) is 6.61 Å². The molecule has 0 fully saturated rings. The van der Waals surface area contributed by atoms with Gasteiger partial charge in [-0.3, -0.25) is 0 Å². The molecule has 0 N–H and O–H groups in total. The lowest BCUT2D eigenvalue weighted by Gasteiger charge is -2.36. The first kappa shape index (κ1) is 24.9. The normalized spacial score (nSPS) is 13.0. The summed E-state index contributed by atoms with van der Waals surface area (Å²) in [7, 11) is -1.52. The Balaban J connectivity index is 3.31. The molecular formula is C23H48OSi. The van der Waals surface area contributed by atoms with E-state index in [1.807, 2.05) is 0 Å². The number of hydrogen-bond acceptors (Lipinski definition) is 1. The topological polar surface area (TPSA) is 9.23 Å². The molecule has 0 atom stereocenters. The molecule has 0 aromatic carbocycles. The monoisotopic (exact) mass is 368 g/mol. The highest BCUT2D eigenvalue weighted by atomic mass is 28.4. The van der Waals surface area contributed by atoms with E-state index in [2.05, 4.69) is 52.9 Å². The van der Waals surface area contributed by atoms with E-state index in [0.29, 0.717) is 5.04 Å². The fourth-order valence-electron chi connectivity index (χ4n) is 2.72. The van der Waals surface area contributed by atoms with Crippen LogP contribution in [0.4, 0.5) is 0 Å². The molecule has 0 radical (unpaired) electrons. The zero-order valence-electron chi connectivity index (χ0n) is 18.5. The molecule has 0 aromatic heterocycles. The lowest BCUT2D eigenvalue weighted by atomic mass is 10.1. The van der Waals surface area contributed by atoms with Gasteiger partial charge >= 0.3 is 0 Å². The standard InChI is InChI=1S/C23H48OSi/c1-7-8-9-10-11-12-13-14-15-16-17-18-19-20-21-22-24-25(5,6)23(2,3)4/h12-13H,7-11,14-22H2,1-6H3/b13-12-. The molecule has 0 amide bonds. The average molecular weight is 369 g/mol. The number of hydrogen-bond donors (Lipinski definition) is 0. The third-order valence-corrected chi connectivity index (χ3v) is 10.2. The first-order valence-electron chi connectivity index (χ1n) is 11.1. The molecule has 25 heavy (non-hydrogen) atoms. The second-order valence-electron chi connectivity index (χ2n) is 9.19. The van der Waals surface area contributed by atoms with Crippen molar-refractivity contribution in [2.24, 2.45) is 0 Å². The Bertz CT molecular complexity index is 315. The Morgan fingerprint density at radius 2 is 1.12 bits per heavy atom. The molecule has 1 nitrogen and oxygen atoms in total. The van der Waals surface area contributed by atoms with Crippen LogP contribution in [0.15, 0.2) is 12.2 Å². The largest absolute Gasteiger partial charge is 0.417 e. The summed E-state index contributed by atoms with van der Waals surface area (Å²) in [6, 6.07) is 0. The maximum Gasteiger partial charge on any atom is 0.191 e. The van der Waals surface area contributed by atoms with Gasteiger partial charge in [0.15, 0.2) is 8.32 Å². The van der Waals surface area contributed by atoms with E-state index < -0.39 is 8.32 Å². The number of rotatable bonds is 16. The minimum Gasteiger partial charge on any atom is -0.417 e. The van der Waals surface area contributed by atoms with Crippen molar-refractivity contribution in [1.82, 2.24) is 0 Å². The molecule has 0 aliphatic heterocycles. The maximum atomic E-state index is 6.24. The fraction of sp³-hybridized carbons (Fsp3) is 0.913. The van der Waals surface area contributed by atoms with Gasteiger partial charge in [0.1, 0.15) is 0 Å². The Kier molecular flexibility index (Phi) is 15.0. The van der Waals surface area contributed by atoms with Crippen molar-refractivity contribution in [2.45, 2.75) is 129 Å². The highest BCUT2D eigenvalue weighted by Crippen LogP contribution is 2.36. The van der Waals surface area contributed by atoms with Crippen LogP contribution in [0.5, 0.6) is 0 Å². The predicted octanol–water partition coefficient (Wildman–Crippen LogP) is 8.66. The molecule has 0 aromatic rings. The van der Waals surface area contributed by atoms with Gasteiger partial charge in [-0.1, -0.05) is 91.2 Å². The Morgan fingerprint density at radius 3 is 1.60 bits per heavy atom. The molecule has 0 unspecified atom stereocenters. The maximum absolute atomic E-state index is 6.24. The zero-order valence-corrected chi connectivity index (χ0v) is 19.5. The van der Waals surface area contributed by atoms with E-state index in [-0.39, 0.29) is 0 Å².